The third-order valence-corrected chi connectivity index (χ3v) is 5.51. The van der Waals surface area contributed by atoms with Crippen LogP contribution in [0.1, 0.15) is 33.6 Å². The molecule has 0 aromatic rings. The number of likely N-dealkylation sites (tertiary alicyclic amines) is 2. The molecule has 0 aliphatic carbocycles. The largest absolute Gasteiger partial charge is 0.469 e. The molecule has 4 atom stereocenters. The number of ether oxygens (including phenoxy) is 1. The first-order valence-corrected chi connectivity index (χ1v) is 9.70. The number of methoxy groups -OCH3 is 1. The van der Waals surface area contributed by atoms with Gasteiger partial charge in [0.15, 0.2) is 5.96 Å². The van der Waals surface area contributed by atoms with Crippen LogP contribution < -0.4 is 5.32 Å². The highest BCUT2D eigenvalue weighted by molar-refractivity contribution is 14.0. The van der Waals surface area contributed by atoms with E-state index in [2.05, 4.69) is 40.9 Å². The molecule has 26 heavy (non-hydrogen) atoms. The molecule has 1 N–H and O–H groups in total. The van der Waals surface area contributed by atoms with Gasteiger partial charge in [-0.05, 0) is 37.1 Å². The number of halogens is 1. The third kappa shape index (κ3) is 6.55. The normalized spacial score (nSPS) is 30.0. The molecule has 2 aliphatic rings. The number of carbonyl (C=O) groups is 1. The maximum atomic E-state index is 11.9. The maximum Gasteiger partial charge on any atom is 0.310 e. The van der Waals surface area contributed by atoms with Gasteiger partial charge in [0, 0.05) is 39.8 Å². The van der Waals surface area contributed by atoms with Crippen LogP contribution in [0.3, 0.4) is 0 Å². The summed E-state index contributed by atoms with van der Waals surface area (Å²) in [6.07, 6.45) is 2.47. The van der Waals surface area contributed by atoms with Gasteiger partial charge in [0.25, 0.3) is 0 Å². The van der Waals surface area contributed by atoms with E-state index >= 15 is 0 Å². The summed E-state index contributed by atoms with van der Waals surface area (Å²) in [5.41, 5.74) is 0. The van der Waals surface area contributed by atoms with E-state index in [0.717, 1.165) is 43.9 Å². The van der Waals surface area contributed by atoms with Crippen molar-refractivity contribution in [1.82, 2.24) is 15.1 Å². The van der Waals surface area contributed by atoms with Gasteiger partial charge in [0.1, 0.15) is 0 Å². The SMILES string of the molecule is CN=C(NCCCN1CC(C)CC(C)C1)N1CC(C)C(C(=O)OC)C1.I. The number of rotatable bonds is 5. The second kappa shape index (κ2) is 11.3. The topological polar surface area (TPSA) is 57.2 Å². The summed E-state index contributed by atoms with van der Waals surface area (Å²) in [4.78, 5) is 21.0. The Hall–Kier alpha value is -0.570. The Morgan fingerprint density at radius 2 is 1.81 bits per heavy atom. The number of nitrogens with one attached hydrogen (secondary N) is 1. The van der Waals surface area contributed by atoms with Crippen molar-refractivity contribution in [2.45, 2.75) is 33.6 Å². The van der Waals surface area contributed by atoms with E-state index in [1.807, 2.05) is 7.05 Å². The van der Waals surface area contributed by atoms with Crippen LogP contribution >= 0.6 is 24.0 Å². The van der Waals surface area contributed by atoms with Gasteiger partial charge >= 0.3 is 5.97 Å². The maximum absolute atomic E-state index is 11.9. The van der Waals surface area contributed by atoms with Crippen molar-refractivity contribution >= 4 is 35.9 Å². The Bertz CT molecular complexity index is 464. The molecule has 6 nitrogen and oxygen atoms in total. The summed E-state index contributed by atoms with van der Waals surface area (Å²) >= 11 is 0. The summed E-state index contributed by atoms with van der Waals surface area (Å²) in [5.74, 6) is 2.65. The van der Waals surface area contributed by atoms with Crippen molar-refractivity contribution in [2.24, 2.45) is 28.7 Å². The molecule has 0 aromatic carbocycles. The smallest absolute Gasteiger partial charge is 0.310 e. The zero-order valence-electron chi connectivity index (χ0n) is 17.0. The van der Waals surface area contributed by atoms with Gasteiger partial charge in [0.05, 0.1) is 13.0 Å². The van der Waals surface area contributed by atoms with Crippen molar-refractivity contribution in [3.05, 3.63) is 0 Å². The van der Waals surface area contributed by atoms with E-state index in [1.165, 1.54) is 26.6 Å². The molecule has 0 aromatic heterocycles. The molecular formula is C19H37IN4O2. The van der Waals surface area contributed by atoms with Crippen LogP contribution in [0, 0.1) is 23.7 Å². The van der Waals surface area contributed by atoms with Crippen LogP contribution in [-0.4, -0.2) is 75.2 Å². The van der Waals surface area contributed by atoms with Crippen LogP contribution in [0.15, 0.2) is 4.99 Å². The fourth-order valence-corrected chi connectivity index (χ4v) is 4.41. The van der Waals surface area contributed by atoms with Crippen molar-refractivity contribution in [1.29, 1.82) is 0 Å². The molecular weight excluding hydrogens is 443 g/mol. The van der Waals surface area contributed by atoms with Gasteiger partial charge in [-0.25, -0.2) is 0 Å². The van der Waals surface area contributed by atoms with E-state index in [1.54, 1.807) is 0 Å². The molecule has 4 unspecified atom stereocenters. The predicted molar refractivity (Wildman–Crippen MR) is 117 cm³/mol. The molecule has 7 heteroatoms. The van der Waals surface area contributed by atoms with Gasteiger partial charge in [-0.15, -0.1) is 24.0 Å². The molecule has 2 heterocycles. The lowest BCUT2D eigenvalue weighted by Gasteiger charge is -2.35. The summed E-state index contributed by atoms with van der Waals surface area (Å²) < 4.78 is 4.92. The van der Waals surface area contributed by atoms with Gasteiger partial charge in [-0.2, -0.15) is 0 Å². The number of esters is 1. The second-order valence-corrected chi connectivity index (χ2v) is 8.05. The lowest BCUT2D eigenvalue weighted by Crippen LogP contribution is -2.43. The molecule has 2 rings (SSSR count). The van der Waals surface area contributed by atoms with Crippen molar-refractivity contribution in [2.75, 3.05) is 53.4 Å². The summed E-state index contributed by atoms with van der Waals surface area (Å²) in [5, 5.41) is 3.47. The van der Waals surface area contributed by atoms with Crippen LogP contribution in [0.25, 0.3) is 0 Å². The highest BCUT2D eigenvalue weighted by atomic mass is 127. The van der Waals surface area contributed by atoms with Crippen molar-refractivity contribution in [3.8, 4) is 0 Å². The molecule has 0 bridgehead atoms. The first-order valence-electron chi connectivity index (χ1n) is 9.70. The molecule has 0 amide bonds. The van der Waals surface area contributed by atoms with Crippen LogP contribution in [0.2, 0.25) is 0 Å². The number of guanidine groups is 1. The number of hydrogen-bond acceptors (Lipinski definition) is 4. The number of aliphatic imine (C=N–C) groups is 1. The zero-order chi connectivity index (χ0) is 18.4. The predicted octanol–water partition coefficient (Wildman–Crippen LogP) is 2.29. The Kier molecular flexibility index (Phi) is 10.2. The van der Waals surface area contributed by atoms with Crippen molar-refractivity contribution in [3.63, 3.8) is 0 Å². The van der Waals surface area contributed by atoms with E-state index < -0.39 is 0 Å². The van der Waals surface area contributed by atoms with Crippen molar-refractivity contribution < 1.29 is 9.53 Å². The van der Waals surface area contributed by atoms with Crippen LogP contribution in [0.4, 0.5) is 0 Å². The van der Waals surface area contributed by atoms with Crippen LogP contribution in [0.5, 0.6) is 0 Å². The van der Waals surface area contributed by atoms with Gasteiger partial charge in [0.2, 0.25) is 0 Å². The highest BCUT2D eigenvalue weighted by Crippen LogP contribution is 2.24. The molecule has 152 valence electrons. The Labute approximate surface area is 176 Å². The zero-order valence-corrected chi connectivity index (χ0v) is 19.4. The Morgan fingerprint density at radius 1 is 1.15 bits per heavy atom. The average molecular weight is 480 g/mol. The van der Waals surface area contributed by atoms with Gasteiger partial charge in [-0.1, -0.05) is 20.8 Å². The molecule has 2 aliphatic heterocycles. The highest BCUT2D eigenvalue weighted by Gasteiger charge is 2.36. The molecule has 0 radical (unpaired) electrons. The Morgan fingerprint density at radius 3 is 2.38 bits per heavy atom. The minimum Gasteiger partial charge on any atom is -0.469 e. The molecule has 2 saturated heterocycles. The van der Waals surface area contributed by atoms with E-state index in [-0.39, 0.29) is 35.9 Å². The fraction of sp³-hybridized carbons (Fsp3) is 0.895. The second-order valence-electron chi connectivity index (χ2n) is 8.05. The third-order valence-electron chi connectivity index (χ3n) is 5.51. The van der Waals surface area contributed by atoms with Crippen LogP contribution in [-0.2, 0) is 9.53 Å². The minimum atomic E-state index is -0.112. The van der Waals surface area contributed by atoms with E-state index in [0.29, 0.717) is 12.5 Å². The summed E-state index contributed by atoms with van der Waals surface area (Å²) in [6, 6.07) is 0. The monoisotopic (exact) mass is 480 g/mol. The molecule has 0 spiro atoms. The molecule has 0 saturated carbocycles. The molecule has 2 fully saturated rings. The fourth-order valence-electron chi connectivity index (χ4n) is 4.41. The first-order chi connectivity index (χ1) is 11.9. The van der Waals surface area contributed by atoms with E-state index in [9.17, 15) is 4.79 Å². The minimum absolute atomic E-state index is 0. The standard InChI is InChI=1S/C19H36N4O2.HI/c1-14-9-15(2)11-22(10-14)8-6-7-21-19(20-4)23-12-16(3)17(13-23)18(24)25-5;/h14-17H,6-13H2,1-5H3,(H,20,21);1H. The average Bonchev–Trinajstić information content (AvgIpc) is 2.95. The van der Waals surface area contributed by atoms with Gasteiger partial charge < -0.3 is 19.9 Å². The first kappa shape index (κ1) is 23.5. The summed E-state index contributed by atoms with van der Waals surface area (Å²) in [7, 11) is 3.28. The summed E-state index contributed by atoms with van der Waals surface area (Å²) in [6.45, 7) is 12.9. The Balaban J connectivity index is 0.00000338. The lowest BCUT2D eigenvalue weighted by atomic mass is 9.92. The van der Waals surface area contributed by atoms with Gasteiger partial charge in [-0.3, -0.25) is 9.79 Å². The van der Waals surface area contributed by atoms with E-state index in [4.69, 9.17) is 4.74 Å². The lowest BCUT2D eigenvalue weighted by molar-refractivity contribution is -0.145. The number of carbonyl (C=O) groups excluding carboxylic acids is 1. The quantitative estimate of drug-likeness (QED) is 0.215. The number of piperidine rings is 1. The number of hydrogen-bond donors (Lipinski definition) is 1. The number of nitrogens with zero attached hydrogens (tertiary/aromatic N) is 3.